The van der Waals surface area contributed by atoms with E-state index in [9.17, 15) is 4.79 Å². The minimum Gasteiger partial charge on any atom is -0.497 e. The number of carbonyl (C=O) groups is 1. The molecule has 4 aromatic rings. The van der Waals surface area contributed by atoms with Gasteiger partial charge in [0, 0.05) is 29.6 Å². The number of aromatic nitrogens is 4. The molecule has 0 aliphatic rings. The number of nitrogens with one attached hydrogen (secondary N) is 2. The molecule has 3 aromatic heterocycles. The highest BCUT2D eigenvalue weighted by atomic mass is 16.5. The van der Waals surface area contributed by atoms with Crippen molar-refractivity contribution >= 4 is 5.91 Å². The third-order valence-electron chi connectivity index (χ3n) is 4.18. The Bertz CT molecular complexity index is 1090. The van der Waals surface area contributed by atoms with Gasteiger partial charge in [-0.3, -0.25) is 14.9 Å². The first-order chi connectivity index (χ1) is 13.7. The maximum absolute atomic E-state index is 12.6. The van der Waals surface area contributed by atoms with E-state index < -0.39 is 0 Å². The number of pyridine rings is 1. The molecule has 0 spiro atoms. The third-order valence-corrected chi connectivity index (χ3v) is 4.18. The summed E-state index contributed by atoms with van der Waals surface area (Å²) in [5, 5.41) is 13.7. The molecule has 0 bridgehead atoms. The van der Waals surface area contributed by atoms with E-state index in [0.29, 0.717) is 28.5 Å². The summed E-state index contributed by atoms with van der Waals surface area (Å²) < 4.78 is 10.5. The smallest absolute Gasteiger partial charge is 0.255 e. The van der Waals surface area contributed by atoms with Crippen molar-refractivity contribution in [3.05, 3.63) is 72.4 Å². The number of methoxy groups -OCH3 is 1. The van der Waals surface area contributed by atoms with Gasteiger partial charge < -0.3 is 14.6 Å². The molecule has 1 aromatic carbocycles. The van der Waals surface area contributed by atoms with E-state index in [2.05, 4.69) is 25.7 Å². The van der Waals surface area contributed by atoms with E-state index in [1.54, 1.807) is 25.6 Å². The molecule has 1 amide bonds. The number of rotatable bonds is 6. The standard InChI is InChI=1S/C20H17N5O3/c1-27-15-6-2-4-13(8-15)19-17(12-23-24-19)20(26)22-11-16-9-18(25-28-16)14-5-3-7-21-10-14/h2-10,12H,11H2,1H3,(H,22,26)(H,23,24). The minimum absolute atomic E-state index is 0.203. The van der Waals surface area contributed by atoms with Crippen LogP contribution in [0, 0.1) is 0 Å². The molecule has 28 heavy (non-hydrogen) atoms. The summed E-state index contributed by atoms with van der Waals surface area (Å²) in [6, 6.07) is 12.9. The van der Waals surface area contributed by atoms with Crippen molar-refractivity contribution in [2.75, 3.05) is 7.11 Å². The Morgan fingerprint density at radius 3 is 2.89 bits per heavy atom. The zero-order valence-corrected chi connectivity index (χ0v) is 15.0. The van der Waals surface area contributed by atoms with Gasteiger partial charge in [0.2, 0.25) is 0 Å². The molecular weight excluding hydrogens is 358 g/mol. The van der Waals surface area contributed by atoms with Crippen LogP contribution in [-0.2, 0) is 6.54 Å². The largest absolute Gasteiger partial charge is 0.497 e. The van der Waals surface area contributed by atoms with E-state index in [1.807, 2.05) is 36.4 Å². The number of nitrogens with zero attached hydrogens (tertiary/aromatic N) is 3. The minimum atomic E-state index is -0.272. The SMILES string of the molecule is COc1cccc(-c2[nH]ncc2C(=O)NCc2cc(-c3cccnc3)no2)c1. The maximum Gasteiger partial charge on any atom is 0.255 e. The molecule has 140 valence electrons. The Labute approximate surface area is 160 Å². The Morgan fingerprint density at radius 2 is 2.07 bits per heavy atom. The van der Waals surface area contributed by atoms with E-state index in [1.165, 1.54) is 6.20 Å². The zero-order chi connectivity index (χ0) is 19.3. The molecule has 0 aliphatic carbocycles. The molecule has 4 rings (SSSR count). The topological polar surface area (TPSA) is 106 Å². The molecule has 0 fully saturated rings. The molecule has 8 heteroatoms. The fraction of sp³-hybridized carbons (Fsp3) is 0.100. The van der Waals surface area contributed by atoms with E-state index in [0.717, 1.165) is 11.1 Å². The van der Waals surface area contributed by atoms with Crippen LogP contribution in [0.25, 0.3) is 22.5 Å². The Balaban J connectivity index is 1.47. The van der Waals surface area contributed by atoms with Gasteiger partial charge in [-0.15, -0.1) is 0 Å². The molecule has 0 radical (unpaired) electrons. The summed E-state index contributed by atoms with van der Waals surface area (Å²) in [7, 11) is 1.59. The molecule has 0 saturated carbocycles. The number of ether oxygens (including phenoxy) is 1. The van der Waals surface area contributed by atoms with Gasteiger partial charge in [-0.2, -0.15) is 5.10 Å². The van der Waals surface area contributed by atoms with Crippen molar-refractivity contribution in [1.29, 1.82) is 0 Å². The van der Waals surface area contributed by atoms with Crippen LogP contribution in [0.2, 0.25) is 0 Å². The summed E-state index contributed by atoms with van der Waals surface area (Å²) >= 11 is 0. The second kappa shape index (κ2) is 7.75. The zero-order valence-electron chi connectivity index (χ0n) is 15.0. The van der Waals surface area contributed by atoms with Gasteiger partial charge in [-0.25, -0.2) is 0 Å². The van der Waals surface area contributed by atoms with Crippen LogP contribution in [0.4, 0.5) is 0 Å². The molecule has 3 heterocycles. The van der Waals surface area contributed by atoms with Crippen LogP contribution in [0.5, 0.6) is 5.75 Å². The summed E-state index contributed by atoms with van der Waals surface area (Å²) in [6.07, 6.45) is 4.88. The van der Waals surface area contributed by atoms with Crippen LogP contribution in [0.1, 0.15) is 16.1 Å². The highest BCUT2D eigenvalue weighted by molar-refractivity contribution is 5.99. The van der Waals surface area contributed by atoms with Crippen molar-refractivity contribution in [3.8, 4) is 28.3 Å². The lowest BCUT2D eigenvalue weighted by atomic mass is 10.1. The lowest BCUT2D eigenvalue weighted by Gasteiger charge is -2.06. The van der Waals surface area contributed by atoms with E-state index in [-0.39, 0.29) is 12.5 Å². The molecule has 8 nitrogen and oxygen atoms in total. The summed E-state index contributed by atoms with van der Waals surface area (Å²) in [6.45, 7) is 0.203. The number of carbonyl (C=O) groups excluding carboxylic acids is 1. The van der Waals surface area contributed by atoms with Gasteiger partial charge in [0.15, 0.2) is 5.76 Å². The van der Waals surface area contributed by atoms with Crippen LogP contribution < -0.4 is 10.1 Å². The molecule has 0 saturated heterocycles. The average molecular weight is 375 g/mol. The first kappa shape index (κ1) is 17.5. The van der Waals surface area contributed by atoms with Gasteiger partial charge in [0.05, 0.1) is 31.1 Å². The maximum atomic E-state index is 12.6. The van der Waals surface area contributed by atoms with Crippen molar-refractivity contribution in [3.63, 3.8) is 0 Å². The summed E-state index contributed by atoms with van der Waals surface area (Å²) in [5.74, 6) is 0.965. The van der Waals surface area contributed by atoms with Gasteiger partial charge in [0.25, 0.3) is 5.91 Å². The number of hydrogen-bond donors (Lipinski definition) is 2. The van der Waals surface area contributed by atoms with Gasteiger partial charge >= 0.3 is 0 Å². The first-order valence-corrected chi connectivity index (χ1v) is 8.56. The second-order valence-corrected chi connectivity index (χ2v) is 5.99. The van der Waals surface area contributed by atoms with Gasteiger partial charge in [-0.05, 0) is 24.3 Å². The fourth-order valence-electron chi connectivity index (χ4n) is 2.77. The van der Waals surface area contributed by atoms with E-state index >= 15 is 0 Å². The normalized spacial score (nSPS) is 10.6. The molecule has 2 N–H and O–H groups in total. The molecular formula is C20H17N5O3. The highest BCUT2D eigenvalue weighted by Crippen LogP contribution is 2.25. The Morgan fingerprint density at radius 1 is 1.18 bits per heavy atom. The number of aromatic amines is 1. The van der Waals surface area contributed by atoms with Crippen LogP contribution >= 0.6 is 0 Å². The number of amides is 1. The number of benzene rings is 1. The van der Waals surface area contributed by atoms with Crippen molar-refractivity contribution < 1.29 is 14.1 Å². The van der Waals surface area contributed by atoms with E-state index in [4.69, 9.17) is 9.26 Å². The van der Waals surface area contributed by atoms with Crippen LogP contribution in [0.15, 0.2) is 65.6 Å². The van der Waals surface area contributed by atoms with Gasteiger partial charge in [0.1, 0.15) is 11.4 Å². The summed E-state index contributed by atoms with van der Waals surface area (Å²) in [4.78, 5) is 16.7. The van der Waals surface area contributed by atoms with Crippen LogP contribution in [0.3, 0.4) is 0 Å². The predicted molar refractivity (Wildman–Crippen MR) is 101 cm³/mol. The quantitative estimate of drug-likeness (QED) is 0.536. The van der Waals surface area contributed by atoms with Crippen molar-refractivity contribution in [1.82, 2.24) is 25.7 Å². The summed E-state index contributed by atoms with van der Waals surface area (Å²) in [5.41, 5.74) is 3.36. The van der Waals surface area contributed by atoms with Gasteiger partial charge in [-0.1, -0.05) is 17.3 Å². The third kappa shape index (κ3) is 3.61. The van der Waals surface area contributed by atoms with Crippen LogP contribution in [-0.4, -0.2) is 33.4 Å². The molecule has 0 unspecified atom stereocenters. The van der Waals surface area contributed by atoms with Crippen molar-refractivity contribution in [2.24, 2.45) is 0 Å². The Hall–Kier alpha value is -3.94. The first-order valence-electron chi connectivity index (χ1n) is 8.56. The number of hydrogen-bond acceptors (Lipinski definition) is 6. The lowest BCUT2D eigenvalue weighted by Crippen LogP contribution is -2.22. The monoisotopic (exact) mass is 375 g/mol. The molecule has 0 atom stereocenters. The Kier molecular flexibility index (Phi) is 4.83. The molecule has 0 aliphatic heterocycles. The van der Waals surface area contributed by atoms with Crippen molar-refractivity contribution in [2.45, 2.75) is 6.54 Å². The lowest BCUT2D eigenvalue weighted by molar-refractivity contribution is 0.0948. The average Bonchev–Trinajstić information content (AvgIpc) is 3.42. The fourth-order valence-corrected chi connectivity index (χ4v) is 2.77. The highest BCUT2D eigenvalue weighted by Gasteiger charge is 2.16. The predicted octanol–water partition coefficient (Wildman–Crippen LogP) is 3.07. The second-order valence-electron chi connectivity index (χ2n) is 5.99. The number of H-pyrrole nitrogens is 1.